The summed E-state index contributed by atoms with van der Waals surface area (Å²) in [6.07, 6.45) is 2.34. The highest BCUT2D eigenvalue weighted by molar-refractivity contribution is 14.1. The minimum absolute atomic E-state index is 0.710. The van der Waals surface area contributed by atoms with Gasteiger partial charge in [-0.25, -0.2) is 0 Å². The van der Waals surface area contributed by atoms with Gasteiger partial charge in [-0.1, -0.05) is 13.3 Å². The third-order valence-electron chi connectivity index (χ3n) is 1.36. The Morgan fingerprint density at radius 3 is 2.33 bits per heavy atom. The molecular weight excluding hydrogens is 269 g/mol. The Morgan fingerprint density at radius 1 is 1.08 bits per heavy atom. The Hall–Kier alpha value is 0.610. The smallest absolute Gasteiger partial charge is 0.0701 e. The Balaban J connectivity index is 2.73. The fourth-order valence-electron chi connectivity index (χ4n) is 0.679. The molecule has 0 atom stereocenters. The van der Waals surface area contributed by atoms with Crippen LogP contribution in [0.25, 0.3) is 0 Å². The van der Waals surface area contributed by atoms with Crippen LogP contribution < -0.4 is 3.53 Å². The quantitative estimate of drug-likeness (QED) is 0.398. The Bertz CT molecular complexity index is 73.5. The molecule has 0 saturated carbocycles. The maximum Gasteiger partial charge on any atom is 0.0701 e. The van der Waals surface area contributed by atoms with Crippen LogP contribution in [-0.2, 0) is 9.47 Å². The second-order valence-electron chi connectivity index (χ2n) is 2.46. The fourth-order valence-corrected chi connectivity index (χ4v) is 0.899. The van der Waals surface area contributed by atoms with Crippen LogP contribution in [0.15, 0.2) is 0 Å². The first-order valence-electron chi connectivity index (χ1n) is 4.40. The van der Waals surface area contributed by atoms with Crippen LogP contribution in [0.3, 0.4) is 0 Å². The number of ether oxygens (including phenoxy) is 2. The summed E-state index contributed by atoms with van der Waals surface area (Å²) in [6, 6.07) is 0. The highest BCUT2D eigenvalue weighted by Crippen LogP contribution is 1.87. The van der Waals surface area contributed by atoms with E-state index in [-0.39, 0.29) is 0 Å². The number of nitrogens with one attached hydrogen (secondary N) is 1. The van der Waals surface area contributed by atoms with Crippen molar-refractivity contribution in [2.75, 3.05) is 33.0 Å². The first kappa shape index (κ1) is 12.6. The molecule has 0 aromatic rings. The first-order chi connectivity index (χ1) is 5.91. The van der Waals surface area contributed by atoms with Crippen molar-refractivity contribution in [2.24, 2.45) is 0 Å². The summed E-state index contributed by atoms with van der Waals surface area (Å²) in [5.74, 6) is 0. The molecule has 0 aliphatic heterocycles. The van der Waals surface area contributed by atoms with E-state index in [4.69, 9.17) is 9.47 Å². The summed E-state index contributed by atoms with van der Waals surface area (Å²) in [5.41, 5.74) is 0. The normalized spacial score (nSPS) is 10.5. The molecule has 0 unspecified atom stereocenters. The molecule has 0 aliphatic rings. The van der Waals surface area contributed by atoms with Crippen LogP contribution in [0.4, 0.5) is 0 Å². The Kier molecular flexibility index (Phi) is 12.2. The first-order valence-corrected chi connectivity index (χ1v) is 5.48. The lowest BCUT2D eigenvalue weighted by atomic mass is 10.4. The monoisotopic (exact) mass is 287 g/mol. The highest BCUT2D eigenvalue weighted by atomic mass is 127. The molecule has 74 valence electrons. The minimum atomic E-state index is 0.710. The van der Waals surface area contributed by atoms with Crippen molar-refractivity contribution in [3.8, 4) is 0 Å². The van der Waals surface area contributed by atoms with Gasteiger partial charge < -0.3 is 9.47 Å². The molecule has 3 nitrogen and oxygen atoms in total. The van der Waals surface area contributed by atoms with Crippen molar-refractivity contribution in [1.29, 1.82) is 0 Å². The van der Waals surface area contributed by atoms with Crippen LogP contribution in [0.1, 0.15) is 19.8 Å². The average Bonchev–Trinajstić information content (AvgIpc) is 2.10. The van der Waals surface area contributed by atoms with Crippen LogP contribution in [0.5, 0.6) is 0 Å². The lowest BCUT2D eigenvalue weighted by molar-refractivity contribution is 0.0492. The predicted molar refractivity (Wildman–Crippen MR) is 58.6 cm³/mol. The van der Waals surface area contributed by atoms with Crippen LogP contribution in [-0.4, -0.2) is 33.0 Å². The van der Waals surface area contributed by atoms with E-state index in [9.17, 15) is 0 Å². The zero-order chi connectivity index (χ0) is 9.07. The Morgan fingerprint density at radius 2 is 1.75 bits per heavy atom. The van der Waals surface area contributed by atoms with E-state index in [0.29, 0.717) is 6.61 Å². The van der Waals surface area contributed by atoms with Gasteiger partial charge in [0.05, 0.1) is 19.8 Å². The second kappa shape index (κ2) is 11.6. The van der Waals surface area contributed by atoms with Gasteiger partial charge in [0.1, 0.15) is 0 Å². The molecule has 0 spiro atoms. The number of rotatable bonds is 9. The predicted octanol–water partition coefficient (Wildman–Crippen LogP) is 1.76. The standard InChI is InChI=1S/C8H18INO2/c1-2-3-5-11-7-8-12-6-4-10-9/h10H,2-8H2,1H3. The lowest BCUT2D eigenvalue weighted by Crippen LogP contribution is -2.12. The molecule has 1 N–H and O–H groups in total. The maximum absolute atomic E-state index is 5.31. The van der Waals surface area contributed by atoms with E-state index in [0.717, 1.165) is 32.8 Å². The van der Waals surface area contributed by atoms with Crippen molar-refractivity contribution < 1.29 is 9.47 Å². The largest absolute Gasteiger partial charge is 0.379 e. The number of hydrogen-bond donors (Lipinski definition) is 1. The molecule has 0 aromatic heterocycles. The highest BCUT2D eigenvalue weighted by Gasteiger charge is 1.88. The summed E-state index contributed by atoms with van der Waals surface area (Å²) >= 11 is 2.11. The summed E-state index contributed by atoms with van der Waals surface area (Å²) < 4.78 is 13.6. The SMILES string of the molecule is CCCCOCCOCCNI. The summed E-state index contributed by atoms with van der Waals surface area (Å²) in [4.78, 5) is 0. The zero-order valence-corrected chi connectivity index (χ0v) is 9.80. The number of halogens is 1. The third kappa shape index (κ3) is 10.6. The van der Waals surface area contributed by atoms with Gasteiger partial charge in [-0.2, -0.15) is 0 Å². The number of hydrogen-bond acceptors (Lipinski definition) is 3. The molecule has 0 saturated heterocycles. The molecule has 0 heterocycles. The van der Waals surface area contributed by atoms with E-state index >= 15 is 0 Å². The van der Waals surface area contributed by atoms with Gasteiger partial charge >= 0.3 is 0 Å². The summed E-state index contributed by atoms with van der Waals surface area (Å²) in [7, 11) is 0. The summed E-state index contributed by atoms with van der Waals surface area (Å²) in [5, 5.41) is 0. The maximum atomic E-state index is 5.31. The van der Waals surface area contributed by atoms with Gasteiger partial charge in [0.15, 0.2) is 0 Å². The van der Waals surface area contributed by atoms with Crippen LogP contribution >= 0.6 is 22.9 Å². The molecule has 0 aliphatic carbocycles. The van der Waals surface area contributed by atoms with E-state index in [2.05, 4.69) is 33.3 Å². The van der Waals surface area contributed by atoms with Crippen molar-refractivity contribution in [3.63, 3.8) is 0 Å². The van der Waals surface area contributed by atoms with Crippen molar-refractivity contribution in [3.05, 3.63) is 0 Å². The topological polar surface area (TPSA) is 30.5 Å². The van der Waals surface area contributed by atoms with Gasteiger partial charge in [-0.3, -0.25) is 3.53 Å². The van der Waals surface area contributed by atoms with Gasteiger partial charge in [-0.05, 0) is 6.42 Å². The van der Waals surface area contributed by atoms with E-state index < -0.39 is 0 Å². The fraction of sp³-hybridized carbons (Fsp3) is 1.00. The van der Waals surface area contributed by atoms with Gasteiger partial charge in [0.2, 0.25) is 0 Å². The van der Waals surface area contributed by atoms with Gasteiger partial charge in [-0.15, -0.1) is 0 Å². The minimum Gasteiger partial charge on any atom is -0.379 e. The van der Waals surface area contributed by atoms with Gasteiger partial charge in [0.25, 0.3) is 0 Å². The molecule has 0 fully saturated rings. The van der Waals surface area contributed by atoms with E-state index in [1.807, 2.05) is 0 Å². The third-order valence-corrected chi connectivity index (χ3v) is 1.89. The molecule has 0 rings (SSSR count). The molecule has 0 aromatic carbocycles. The van der Waals surface area contributed by atoms with Crippen LogP contribution in [0, 0.1) is 0 Å². The van der Waals surface area contributed by atoms with Crippen molar-refractivity contribution in [1.82, 2.24) is 3.53 Å². The molecule has 0 amide bonds. The second-order valence-corrected chi connectivity index (χ2v) is 3.22. The van der Waals surface area contributed by atoms with E-state index in [1.165, 1.54) is 6.42 Å². The van der Waals surface area contributed by atoms with Crippen molar-refractivity contribution in [2.45, 2.75) is 19.8 Å². The molecule has 4 heteroatoms. The Labute approximate surface area is 88.7 Å². The van der Waals surface area contributed by atoms with E-state index in [1.54, 1.807) is 0 Å². The van der Waals surface area contributed by atoms with Crippen LogP contribution in [0.2, 0.25) is 0 Å². The molecular formula is C8H18INO2. The summed E-state index contributed by atoms with van der Waals surface area (Å²) in [6.45, 7) is 6.12. The molecule has 0 bridgehead atoms. The molecule has 12 heavy (non-hydrogen) atoms. The van der Waals surface area contributed by atoms with Crippen molar-refractivity contribution >= 4 is 22.9 Å². The number of unbranched alkanes of at least 4 members (excludes halogenated alkanes) is 1. The van der Waals surface area contributed by atoms with Gasteiger partial charge in [0, 0.05) is 36.0 Å². The molecule has 0 radical (unpaired) electrons. The average molecular weight is 287 g/mol. The zero-order valence-electron chi connectivity index (χ0n) is 7.64. The lowest BCUT2D eigenvalue weighted by Gasteiger charge is -2.04.